The molecule has 0 bridgehead atoms. The fraction of sp³-hybridized carbons (Fsp3) is 0.217. The highest BCUT2D eigenvalue weighted by Crippen LogP contribution is 2.36. The Morgan fingerprint density at radius 1 is 1.14 bits per heavy atom. The average Bonchev–Trinajstić information content (AvgIpc) is 3.57. The number of halogens is 3. The Balaban J connectivity index is 1.54. The summed E-state index contributed by atoms with van der Waals surface area (Å²) in [5, 5.41) is 0.168. The van der Waals surface area contributed by atoms with Gasteiger partial charge >= 0.3 is 0 Å². The number of rotatable bonds is 6. The lowest BCUT2D eigenvalue weighted by Crippen LogP contribution is -2.47. The molecule has 1 amide bonds. The molecule has 3 heterocycles. The van der Waals surface area contributed by atoms with Crippen LogP contribution in [0.3, 0.4) is 0 Å². The number of nitrogens with zero attached hydrogens (tertiary/aromatic N) is 3. The molecule has 35 heavy (non-hydrogen) atoms. The van der Waals surface area contributed by atoms with Crippen molar-refractivity contribution < 1.29 is 22.0 Å². The minimum absolute atomic E-state index is 0.0404. The number of hydrogen-bond donors (Lipinski definition) is 0. The number of thiazole rings is 1. The molecule has 0 spiro atoms. The summed E-state index contributed by atoms with van der Waals surface area (Å²) >= 11 is 7.86. The summed E-state index contributed by atoms with van der Waals surface area (Å²) < 4.78 is 56.6. The molecule has 6 nitrogen and oxygen atoms in total. The first-order chi connectivity index (χ1) is 16.7. The number of thiophene rings is 1. The highest BCUT2D eigenvalue weighted by molar-refractivity contribution is 7.91. The number of carbonyl (C=O) groups excluding carboxylic acids is 1. The molecule has 0 aliphatic carbocycles. The zero-order valence-electron chi connectivity index (χ0n) is 18.0. The Bertz CT molecular complexity index is 1510. The van der Waals surface area contributed by atoms with Crippen LogP contribution in [0.1, 0.15) is 18.4 Å². The predicted octanol–water partition coefficient (Wildman–Crippen LogP) is 5.68. The summed E-state index contributed by atoms with van der Waals surface area (Å²) in [6.45, 7) is 0.284. The minimum Gasteiger partial charge on any atom is -0.282 e. The number of fused-ring (bicyclic) bond motifs is 1. The Morgan fingerprint density at radius 3 is 2.63 bits per heavy atom. The van der Waals surface area contributed by atoms with Gasteiger partial charge in [-0.15, -0.1) is 11.3 Å². The van der Waals surface area contributed by atoms with Gasteiger partial charge in [-0.2, -0.15) is 4.31 Å². The molecule has 1 unspecified atom stereocenters. The van der Waals surface area contributed by atoms with Crippen LogP contribution in [-0.2, 0) is 21.4 Å². The number of hydrogen-bond acceptors (Lipinski definition) is 6. The van der Waals surface area contributed by atoms with E-state index in [4.69, 9.17) is 11.6 Å². The summed E-state index contributed by atoms with van der Waals surface area (Å²) in [4.78, 5) is 19.5. The van der Waals surface area contributed by atoms with Gasteiger partial charge in [0, 0.05) is 12.6 Å². The van der Waals surface area contributed by atoms with Crippen LogP contribution in [0.2, 0.25) is 4.34 Å². The van der Waals surface area contributed by atoms with E-state index >= 15 is 0 Å². The zero-order chi connectivity index (χ0) is 24.7. The Hall–Kier alpha value is -2.44. The SMILES string of the molecule is O=C(C1CCCN1S(=O)(=O)c1ccc(Cl)s1)N(Cc1ccccc1)c1nc2c(F)cc(F)cc2s1. The molecule has 1 saturated heterocycles. The first kappa shape index (κ1) is 24.3. The second kappa shape index (κ2) is 9.55. The van der Waals surface area contributed by atoms with Gasteiger partial charge in [0.1, 0.15) is 21.6 Å². The highest BCUT2D eigenvalue weighted by atomic mass is 35.5. The number of amides is 1. The molecule has 1 fully saturated rings. The van der Waals surface area contributed by atoms with Crippen molar-refractivity contribution >= 4 is 65.6 Å². The molecular formula is C23H18ClF2N3O3S3. The normalized spacial score (nSPS) is 16.7. The molecule has 12 heteroatoms. The summed E-state index contributed by atoms with van der Waals surface area (Å²) in [5.74, 6) is -2.04. The molecular weight excluding hydrogens is 536 g/mol. The molecule has 1 aliphatic rings. The van der Waals surface area contributed by atoms with Crippen molar-refractivity contribution in [3.8, 4) is 0 Å². The van der Waals surface area contributed by atoms with Crippen molar-refractivity contribution in [2.75, 3.05) is 11.4 Å². The first-order valence-corrected chi connectivity index (χ1v) is 14.1. The largest absolute Gasteiger partial charge is 0.282 e. The van der Waals surface area contributed by atoms with E-state index in [1.807, 2.05) is 30.3 Å². The van der Waals surface area contributed by atoms with Crippen LogP contribution in [0.4, 0.5) is 13.9 Å². The lowest BCUT2D eigenvalue weighted by atomic mass is 10.1. The molecule has 2 aromatic heterocycles. The molecule has 1 atom stereocenters. The monoisotopic (exact) mass is 553 g/mol. The van der Waals surface area contributed by atoms with Crippen LogP contribution in [0, 0.1) is 11.6 Å². The van der Waals surface area contributed by atoms with E-state index in [1.54, 1.807) is 0 Å². The maximum Gasteiger partial charge on any atom is 0.253 e. The van der Waals surface area contributed by atoms with Crippen LogP contribution >= 0.6 is 34.3 Å². The Morgan fingerprint density at radius 2 is 1.91 bits per heavy atom. The first-order valence-electron chi connectivity index (χ1n) is 10.6. The third-order valence-electron chi connectivity index (χ3n) is 5.68. The van der Waals surface area contributed by atoms with Gasteiger partial charge in [0.25, 0.3) is 10.0 Å². The van der Waals surface area contributed by atoms with Gasteiger partial charge in [0.2, 0.25) is 5.91 Å². The standard InChI is InChI=1S/C23H18ClF2N3O3S3/c24-19-8-9-20(34-19)35(31,32)29-10-4-7-17(29)22(30)28(13-14-5-2-1-3-6-14)23-27-21-16(26)11-15(25)12-18(21)33-23/h1-3,5-6,8-9,11-12,17H,4,7,10,13H2. The van der Waals surface area contributed by atoms with Gasteiger partial charge in [-0.1, -0.05) is 53.3 Å². The van der Waals surface area contributed by atoms with Crippen molar-refractivity contribution in [3.05, 3.63) is 76.1 Å². The van der Waals surface area contributed by atoms with Crippen LogP contribution < -0.4 is 4.90 Å². The third-order valence-corrected chi connectivity index (χ3v) is 10.3. The summed E-state index contributed by atoms with van der Waals surface area (Å²) in [6, 6.07) is 13.0. The molecule has 0 saturated carbocycles. The lowest BCUT2D eigenvalue weighted by molar-refractivity contribution is -0.121. The molecule has 182 valence electrons. The number of anilines is 1. The van der Waals surface area contributed by atoms with Crippen molar-refractivity contribution in [1.82, 2.24) is 9.29 Å². The molecule has 2 aromatic carbocycles. The van der Waals surface area contributed by atoms with Crippen LogP contribution in [-0.4, -0.2) is 36.2 Å². The minimum atomic E-state index is -3.94. The average molecular weight is 554 g/mol. The third kappa shape index (κ3) is 4.70. The summed E-state index contributed by atoms with van der Waals surface area (Å²) in [5.41, 5.74) is 0.741. The molecule has 0 N–H and O–H groups in total. The van der Waals surface area contributed by atoms with E-state index in [1.165, 1.54) is 21.3 Å². The van der Waals surface area contributed by atoms with Gasteiger partial charge in [-0.3, -0.25) is 9.69 Å². The quantitative estimate of drug-likeness (QED) is 0.308. The highest BCUT2D eigenvalue weighted by Gasteiger charge is 2.42. The summed E-state index contributed by atoms with van der Waals surface area (Å²) in [7, 11) is -3.94. The maximum absolute atomic E-state index is 14.4. The number of aromatic nitrogens is 1. The maximum atomic E-state index is 14.4. The van der Waals surface area contributed by atoms with Crippen LogP contribution in [0.15, 0.2) is 58.8 Å². The topological polar surface area (TPSA) is 70.6 Å². The molecule has 1 aliphatic heterocycles. The number of carbonyl (C=O) groups is 1. The van der Waals surface area contributed by atoms with Gasteiger partial charge in [-0.25, -0.2) is 22.2 Å². The van der Waals surface area contributed by atoms with Crippen molar-refractivity contribution in [1.29, 1.82) is 0 Å². The fourth-order valence-electron chi connectivity index (χ4n) is 4.07. The van der Waals surface area contributed by atoms with Gasteiger partial charge in [0.05, 0.1) is 15.6 Å². The van der Waals surface area contributed by atoms with Crippen molar-refractivity contribution in [3.63, 3.8) is 0 Å². The smallest absolute Gasteiger partial charge is 0.253 e. The lowest BCUT2D eigenvalue weighted by Gasteiger charge is -2.28. The molecule has 4 aromatic rings. The van der Waals surface area contributed by atoms with E-state index < -0.39 is 33.6 Å². The van der Waals surface area contributed by atoms with Gasteiger partial charge in [0.15, 0.2) is 10.9 Å². The number of benzene rings is 2. The van der Waals surface area contributed by atoms with E-state index in [0.29, 0.717) is 17.2 Å². The van der Waals surface area contributed by atoms with Gasteiger partial charge < -0.3 is 0 Å². The van der Waals surface area contributed by atoms with Gasteiger partial charge in [-0.05, 0) is 36.6 Å². The predicted molar refractivity (Wildman–Crippen MR) is 133 cm³/mol. The zero-order valence-corrected chi connectivity index (χ0v) is 21.2. The molecule has 5 rings (SSSR count). The fourth-order valence-corrected chi connectivity index (χ4v) is 8.35. The van der Waals surface area contributed by atoms with E-state index in [0.717, 1.165) is 40.4 Å². The Kier molecular flexibility index (Phi) is 6.62. The van der Waals surface area contributed by atoms with E-state index in [2.05, 4.69) is 4.98 Å². The Labute approximate surface area is 213 Å². The summed E-state index contributed by atoms with van der Waals surface area (Å²) in [6.07, 6.45) is 0.837. The van der Waals surface area contributed by atoms with Crippen LogP contribution in [0.25, 0.3) is 10.2 Å². The van der Waals surface area contributed by atoms with Crippen molar-refractivity contribution in [2.24, 2.45) is 0 Å². The number of sulfonamides is 1. The van der Waals surface area contributed by atoms with E-state index in [9.17, 15) is 22.0 Å². The second-order valence-corrected chi connectivity index (χ2v) is 12.8. The van der Waals surface area contributed by atoms with Crippen molar-refractivity contribution in [2.45, 2.75) is 29.6 Å². The molecule has 0 radical (unpaired) electrons. The van der Waals surface area contributed by atoms with Crippen LogP contribution in [0.5, 0.6) is 0 Å². The van der Waals surface area contributed by atoms with E-state index in [-0.39, 0.29) is 32.6 Å². The second-order valence-electron chi connectivity index (χ2n) is 7.97.